The van der Waals surface area contributed by atoms with Gasteiger partial charge < -0.3 is 9.73 Å². The molecule has 0 fully saturated rings. The standard InChI is InChI=1S/C12H12BrN3O2S/c1-8-15-16-12(18-8)19-7-6-11(17)14-10-4-2-9(13)3-5-10/h2-5H,6-7H2,1H3,(H,14,17). The van der Waals surface area contributed by atoms with Gasteiger partial charge in [-0.15, -0.1) is 10.2 Å². The van der Waals surface area contributed by atoms with Crippen LogP contribution in [-0.4, -0.2) is 21.9 Å². The van der Waals surface area contributed by atoms with E-state index in [1.807, 2.05) is 24.3 Å². The molecule has 0 bridgehead atoms. The molecular weight excluding hydrogens is 330 g/mol. The van der Waals surface area contributed by atoms with Crippen LogP contribution < -0.4 is 5.32 Å². The Bertz CT molecular complexity index is 556. The van der Waals surface area contributed by atoms with Crippen molar-refractivity contribution >= 4 is 39.3 Å². The van der Waals surface area contributed by atoms with Gasteiger partial charge in [0, 0.05) is 29.3 Å². The Hall–Kier alpha value is -1.34. The molecule has 0 aliphatic heterocycles. The normalized spacial score (nSPS) is 10.4. The Balaban J connectivity index is 1.74. The third-order valence-electron chi connectivity index (χ3n) is 2.19. The molecule has 1 N–H and O–H groups in total. The predicted molar refractivity (Wildman–Crippen MR) is 77.1 cm³/mol. The maximum Gasteiger partial charge on any atom is 0.276 e. The van der Waals surface area contributed by atoms with Gasteiger partial charge in [0.25, 0.3) is 5.22 Å². The molecule has 7 heteroatoms. The summed E-state index contributed by atoms with van der Waals surface area (Å²) in [5.74, 6) is 1.09. The molecule has 0 saturated heterocycles. The van der Waals surface area contributed by atoms with Crippen LogP contribution in [0.2, 0.25) is 0 Å². The first kappa shape index (κ1) is 14.1. The lowest BCUT2D eigenvalue weighted by molar-refractivity contribution is -0.115. The molecule has 0 aliphatic rings. The largest absolute Gasteiger partial charge is 0.416 e. The summed E-state index contributed by atoms with van der Waals surface area (Å²) < 4.78 is 6.18. The fraction of sp³-hybridized carbons (Fsp3) is 0.250. The molecule has 1 amide bonds. The van der Waals surface area contributed by atoms with Crippen LogP contribution in [0.25, 0.3) is 0 Å². The van der Waals surface area contributed by atoms with Gasteiger partial charge in [0.05, 0.1) is 0 Å². The number of rotatable bonds is 5. The van der Waals surface area contributed by atoms with E-state index in [1.165, 1.54) is 11.8 Å². The van der Waals surface area contributed by atoms with Crippen molar-refractivity contribution < 1.29 is 9.21 Å². The number of hydrogen-bond donors (Lipinski definition) is 1. The minimum Gasteiger partial charge on any atom is -0.416 e. The molecule has 100 valence electrons. The number of amides is 1. The molecule has 19 heavy (non-hydrogen) atoms. The Kier molecular flexibility index (Phi) is 4.98. The Morgan fingerprint density at radius 2 is 2.11 bits per heavy atom. The van der Waals surface area contributed by atoms with Crippen molar-refractivity contribution in [3.63, 3.8) is 0 Å². The predicted octanol–water partition coefficient (Wildman–Crippen LogP) is 3.26. The van der Waals surface area contributed by atoms with Gasteiger partial charge in [-0.25, -0.2) is 0 Å². The zero-order valence-corrected chi connectivity index (χ0v) is 12.6. The lowest BCUT2D eigenvalue weighted by Gasteiger charge is -2.04. The molecule has 2 rings (SSSR count). The van der Waals surface area contributed by atoms with Crippen molar-refractivity contribution in [2.75, 3.05) is 11.1 Å². The Labute approximate surface area is 123 Å². The van der Waals surface area contributed by atoms with Crippen molar-refractivity contribution in [2.45, 2.75) is 18.6 Å². The maximum atomic E-state index is 11.7. The van der Waals surface area contributed by atoms with Crippen molar-refractivity contribution in [3.8, 4) is 0 Å². The van der Waals surface area contributed by atoms with Crippen LogP contribution in [0.4, 0.5) is 5.69 Å². The summed E-state index contributed by atoms with van der Waals surface area (Å²) in [7, 11) is 0. The van der Waals surface area contributed by atoms with Gasteiger partial charge in [0.1, 0.15) is 0 Å². The number of nitrogens with zero attached hydrogens (tertiary/aromatic N) is 2. The van der Waals surface area contributed by atoms with E-state index >= 15 is 0 Å². The minimum absolute atomic E-state index is 0.0361. The van der Waals surface area contributed by atoms with E-state index in [9.17, 15) is 4.79 Å². The highest BCUT2D eigenvalue weighted by Gasteiger charge is 2.06. The highest BCUT2D eigenvalue weighted by atomic mass is 79.9. The van der Waals surface area contributed by atoms with E-state index in [0.29, 0.717) is 23.3 Å². The van der Waals surface area contributed by atoms with Crippen molar-refractivity contribution in [1.82, 2.24) is 10.2 Å². The number of carbonyl (C=O) groups excluding carboxylic acids is 1. The molecule has 0 radical (unpaired) electrons. The smallest absolute Gasteiger partial charge is 0.276 e. The molecule has 0 atom stereocenters. The molecule has 0 unspecified atom stereocenters. The Morgan fingerprint density at radius 1 is 1.37 bits per heavy atom. The zero-order valence-electron chi connectivity index (χ0n) is 10.2. The lowest BCUT2D eigenvalue weighted by Crippen LogP contribution is -2.11. The summed E-state index contributed by atoms with van der Waals surface area (Å²) in [6.45, 7) is 1.73. The molecule has 5 nitrogen and oxygen atoms in total. The summed E-state index contributed by atoms with van der Waals surface area (Å²) in [5.41, 5.74) is 0.784. The number of hydrogen-bond acceptors (Lipinski definition) is 5. The number of aryl methyl sites for hydroxylation is 1. The van der Waals surface area contributed by atoms with Gasteiger partial charge in [0.15, 0.2) is 0 Å². The zero-order chi connectivity index (χ0) is 13.7. The van der Waals surface area contributed by atoms with Crippen molar-refractivity contribution in [3.05, 3.63) is 34.6 Å². The quantitative estimate of drug-likeness (QED) is 0.845. The van der Waals surface area contributed by atoms with Gasteiger partial charge in [-0.2, -0.15) is 0 Å². The van der Waals surface area contributed by atoms with Gasteiger partial charge in [0.2, 0.25) is 11.8 Å². The molecular formula is C12H12BrN3O2S. The molecule has 0 spiro atoms. The van der Waals surface area contributed by atoms with Crippen molar-refractivity contribution in [2.24, 2.45) is 0 Å². The van der Waals surface area contributed by atoms with Gasteiger partial charge in [-0.05, 0) is 24.3 Å². The van der Waals surface area contributed by atoms with Crippen LogP contribution in [-0.2, 0) is 4.79 Å². The van der Waals surface area contributed by atoms with Gasteiger partial charge in [-0.3, -0.25) is 4.79 Å². The monoisotopic (exact) mass is 341 g/mol. The molecule has 0 aliphatic carbocycles. The lowest BCUT2D eigenvalue weighted by atomic mass is 10.3. The topological polar surface area (TPSA) is 68.0 Å². The SMILES string of the molecule is Cc1nnc(SCCC(=O)Nc2ccc(Br)cc2)o1. The highest BCUT2D eigenvalue weighted by Crippen LogP contribution is 2.17. The van der Waals surface area contributed by atoms with Crippen LogP contribution in [0, 0.1) is 6.92 Å². The number of carbonyl (C=O) groups is 1. The average molecular weight is 342 g/mol. The fourth-order valence-electron chi connectivity index (χ4n) is 1.32. The summed E-state index contributed by atoms with van der Waals surface area (Å²) in [6, 6.07) is 7.45. The number of nitrogens with one attached hydrogen (secondary N) is 1. The second kappa shape index (κ2) is 6.72. The van der Waals surface area contributed by atoms with E-state index in [1.54, 1.807) is 6.92 Å². The second-order valence-electron chi connectivity index (χ2n) is 3.74. The van der Waals surface area contributed by atoms with E-state index < -0.39 is 0 Å². The fourth-order valence-corrected chi connectivity index (χ4v) is 2.33. The number of benzene rings is 1. The third kappa shape index (κ3) is 4.68. The first-order valence-corrected chi connectivity index (χ1v) is 7.39. The number of halogens is 1. The summed E-state index contributed by atoms with van der Waals surface area (Å²) >= 11 is 4.72. The number of anilines is 1. The van der Waals surface area contributed by atoms with E-state index in [4.69, 9.17) is 4.42 Å². The van der Waals surface area contributed by atoms with Crippen LogP contribution in [0.15, 0.2) is 38.4 Å². The third-order valence-corrected chi connectivity index (χ3v) is 3.54. The summed E-state index contributed by atoms with van der Waals surface area (Å²) in [5, 5.41) is 10.9. The summed E-state index contributed by atoms with van der Waals surface area (Å²) in [6.07, 6.45) is 0.391. The molecule has 2 aromatic rings. The van der Waals surface area contributed by atoms with Crippen molar-refractivity contribution in [1.29, 1.82) is 0 Å². The maximum absolute atomic E-state index is 11.7. The van der Waals surface area contributed by atoms with Crippen LogP contribution in [0.1, 0.15) is 12.3 Å². The molecule has 0 saturated carbocycles. The summed E-state index contributed by atoms with van der Waals surface area (Å²) in [4.78, 5) is 11.7. The van der Waals surface area contributed by atoms with Gasteiger partial charge >= 0.3 is 0 Å². The van der Waals surface area contributed by atoms with E-state index in [-0.39, 0.29) is 5.91 Å². The first-order chi connectivity index (χ1) is 9.13. The van der Waals surface area contributed by atoms with Gasteiger partial charge in [-0.1, -0.05) is 27.7 Å². The molecule has 1 aromatic heterocycles. The second-order valence-corrected chi connectivity index (χ2v) is 5.70. The molecule has 1 aromatic carbocycles. The van der Waals surface area contributed by atoms with Crippen LogP contribution >= 0.6 is 27.7 Å². The minimum atomic E-state index is -0.0361. The van der Waals surface area contributed by atoms with Crippen LogP contribution in [0.3, 0.4) is 0 Å². The molecule has 1 heterocycles. The van der Waals surface area contributed by atoms with Crippen LogP contribution in [0.5, 0.6) is 0 Å². The average Bonchev–Trinajstić information content (AvgIpc) is 2.78. The Morgan fingerprint density at radius 3 is 2.74 bits per heavy atom. The first-order valence-electron chi connectivity index (χ1n) is 5.62. The number of thioether (sulfide) groups is 1. The highest BCUT2D eigenvalue weighted by molar-refractivity contribution is 9.10. The van der Waals surface area contributed by atoms with E-state index in [2.05, 4.69) is 31.4 Å². The number of aromatic nitrogens is 2. The van der Waals surface area contributed by atoms with E-state index in [0.717, 1.165) is 10.2 Å².